The topological polar surface area (TPSA) is 73.6 Å². The van der Waals surface area contributed by atoms with Gasteiger partial charge in [0.25, 0.3) is 5.91 Å². The van der Waals surface area contributed by atoms with Gasteiger partial charge in [-0.3, -0.25) is 4.79 Å². The van der Waals surface area contributed by atoms with Crippen LogP contribution in [0.3, 0.4) is 0 Å². The van der Waals surface area contributed by atoms with Crippen LogP contribution in [0.1, 0.15) is 34.3 Å². The zero-order valence-corrected chi connectivity index (χ0v) is 15.2. The molecule has 2 aromatic rings. The third kappa shape index (κ3) is 4.06. The molecule has 26 heavy (non-hydrogen) atoms. The third-order valence-electron chi connectivity index (χ3n) is 5.19. The number of rotatable bonds is 6. The van der Waals surface area contributed by atoms with Crippen LogP contribution >= 0.6 is 0 Å². The molecule has 5 nitrogen and oxygen atoms in total. The highest BCUT2D eigenvalue weighted by Gasteiger charge is 2.35. The highest BCUT2D eigenvalue weighted by atomic mass is 16.5. The van der Waals surface area contributed by atoms with E-state index in [0.29, 0.717) is 31.9 Å². The molecule has 0 saturated carbocycles. The van der Waals surface area contributed by atoms with Gasteiger partial charge in [-0.2, -0.15) is 0 Å². The molecule has 3 rings (SSSR count). The molecule has 1 aliphatic heterocycles. The number of hydrogen-bond donors (Lipinski definition) is 2. The Bertz CT molecular complexity index is 720. The van der Waals surface area contributed by atoms with Crippen molar-refractivity contribution >= 4 is 5.91 Å². The van der Waals surface area contributed by atoms with Crippen molar-refractivity contribution in [2.45, 2.75) is 24.8 Å². The highest BCUT2D eigenvalue weighted by Crippen LogP contribution is 2.35. The van der Waals surface area contributed by atoms with E-state index in [1.165, 1.54) is 5.56 Å². The Morgan fingerprint density at radius 1 is 1.12 bits per heavy atom. The minimum absolute atomic E-state index is 0.0621. The van der Waals surface area contributed by atoms with E-state index in [-0.39, 0.29) is 11.3 Å². The van der Waals surface area contributed by atoms with Crippen molar-refractivity contribution < 1.29 is 14.3 Å². The molecule has 0 unspecified atom stereocenters. The van der Waals surface area contributed by atoms with E-state index in [0.717, 1.165) is 24.2 Å². The van der Waals surface area contributed by atoms with Gasteiger partial charge in [0, 0.05) is 37.3 Å². The molecule has 1 fully saturated rings. The first kappa shape index (κ1) is 18.4. The number of carbonyl (C=O) groups excluding carboxylic acids is 1. The molecule has 0 aliphatic carbocycles. The van der Waals surface area contributed by atoms with Crippen molar-refractivity contribution in [1.29, 1.82) is 0 Å². The number of carbonyl (C=O) groups is 1. The first-order valence-corrected chi connectivity index (χ1v) is 8.96. The predicted molar refractivity (Wildman–Crippen MR) is 101 cm³/mol. The number of methoxy groups -OCH3 is 1. The van der Waals surface area contributed by atoms with Crippen LogP contribution in [0.25, 0.3) is 0 Å². The van der Waals surface area contributed by atoms with Gasteiger partial charge < -0.3 is 20.5 Å². The fourth-order valence-corrected chi connectivity index (χ4v) is 3.42. The summed E-state index contributed by atoms with van der Waals surface area (Å²) in [7, 11) is 1.66. The molecule has 0 bridgehead atoms. The van der Waals surface area contributed by atoms with Gasteiger partial charge in [-0.05, 0) is 48.2 Å². The van der Waals surface area contributed by atoms with Crippen molar-refractivity contribution in [2.24, 2.45) is 5.73 Å². The van der Waals surface area contributed by atoms with Gasteiger partial charge in [0.05, 0.1) is 7.11 Å². The van der Waals surface area contributed by atoms with E-state index in [4.69, 9.17) is 15.2 Å². The zero-order valence-electron chi connectivity index (χ0n) is 15.2. The fraction of sp³-hybridized carbons (Fsp3) is 0.381. The van der Waals surface area contributed by atoms with Gasteiger partial charge in [-0.1, -0.05) is 24.3 Å². The molecule has 0 radical (unpaired) electrons. The van der Waals surface area contributed by atoms with Crippen molar-refractivity contribution in [3.8, 4) is 5.75 Å². The number of hydrogen-bond acceptors (Lipinski definition) is 4. The monoisotopic (exact) mass is 354 g/mol. The van der Waals surface area contributed by atoms with Crippen LogP contribution in [-0.4, -0.2) is 32.8 Å². The van der Waals surface area contributed by atoms with Crippen LogP contribution in [0.2, 0.25) is 0 Å². The molecular weight excluding hydrogens is 328 g/mol. The lowest BCUT2D eigenvalue weighted by atomic mass is 9.74. The molecule has 0 atom stereocenters. The Morgan fingerprint density at radius 3 is 2.35 bits per heavy atom. The molecule has 138 valence electrons. The maximum Gasteiger partial charge on any atom is 0.251 e. The quantitative estimate of drug-likeness (QED) is 0.836. The summed E-state index contributed by atoms with van der Waals surface area (Å²) in [4.78, 5) is 12.6. The Hall–Kier alpha value is -2.37. The first-order chi connectivity index (χ1) is 12.7. The summed E-state index contributed by atoms with van der Waals surface area (Å²) in [5, 5.41) is 3.12. The van der Waals surface area contributed by atoms with E-state index in [1.54, 1.807) is 7.11 Å². The van der Waals surface area contributed by atoms with E-state index < -0.39 is 0 Å². The standard InChI is InChI=1S/C21H26N2O3/c1-25-19-8-6-18(7-9-19)21(10-12-26-13-11-21)15-23-20(24)17-4-2-16(14-22)3-5-17/h2-9H,10-15,22H2,1H3,(H,23,24). The van der Waals surface area contributed by atoms with Crippen LogP contribution in [-0.2, 0) is 16.7 Å². The summed E-state index contributed by atoms with van der Waals surface area (Å²) < 4.78 is 10.8. The van der Waals surface area contributed by atoms with Crippen molar-refractivity contribution in [3.63, 3.8) is 0 Å². The molecule has 1 saturated heterocycles. The summed E-state index contributed by atoms with van der Waals surface area (Å²) in [6, 6.07) is 15.5. The van der Waals surface area contributed by atoms with Gasteiger partial charge in [0.1, 0.15) is 5.75 Å². The Kier molecular flexibility index (Phi) is 5.91. The molecule has 1 amide bonds. The highest BCUT2D eigenvalue weighted by molar-refractivity contribution is 5.94. The maximum atomic E-state index is 12.6. The third-order valence-corrected chi connectivity index (χ3v) is 5.19. The van der Waals surface area contributed by atoms with E-state index in [1.807, 2.05) is 36.4 Å². The fourth-order valence-electron chi connectivity index (χ4n) is 3.42. The summed E-state index contributed by atoms with van der Waals surface area (Å²) in [6.45, 7) is 2.46. The van der Waals surface area contributed by atoms with E-state index >= 15 is 0 Å². The Labute approximate surface area is 154 Å². The summed E-state index contributed by atoms with van der Waals surface area (Å²) in [6.07, 6.45) is 1.76. The number of amides is 1. The molecular formula is C21H26N2O3. The number of benzene rings is 2. The Morgan fingerprint density at radius 2 is 1.77 bits per heavy atom. The van der Waals surface area contributed by atoms with Crippen LogP contribution in [0.4, 0.5) is 0 Å². The lowest BCUT2D eigenvalue weighted by Crippen LogP contribution is -2.44. The van der Waals surface area contributed by atoms with Gasteiger partial charge in [0.15, 0.2) is 0 Å². The van der Waals surface area contributed by atoms with Crippen LogP contribution < -0.4 is 15.8 Å². The van der Waals surface area contributed by atoms with Gasteiger partial charge in [-0.15, -0.1) is 0 Å². The average Bonchev–Trinajstić information content (AvgIpc) is 2.73. The smallest absolute Gasteiger partial charge is 0.251 e. The summed E-state index contributed by atoms with van der Waals surface area (Å²) in [5.41, 5.74) is 8.37. The van der Waals surface area contributed by atoms with Gasteiger partial charge in [0.2, 0.25) is 0 Å². The predicted octanol–water partition coefficient (Wildman–Crippen LogP) is 2.63. The molecule has 1 aliphatic rings. The Balaban J connectivity index is 1.74. The molecule has 0 aromatic heterocycles. The minimum atomic E-state index is -0.114. The molecule has 1 heterocycles. The number of nitrogens with one attached hydrogen (secondary N) is 1. The van der Waals surface area contributed by atoms with Crippen LogP contribution in [0.15, 0.2) is 48.5 Å². The molecule has 3 N–H and O–H groups in total. The molecule has 5 heteroatoms. The van der Waals surface area contributed by atoms with Crippen molar-refractivity contribution in [1.82, 2.24) is 5.32 Å². The number of nitrogens with two attached hydrogens (primary N) is 1. The second-order valence-corrected chi connectivity index (χ2v) is 6.70. The lowest BCUT2D eigenvalue weighted by molar-refractivity contribution is 0.0487. The molecule has 2 aromatic carbocycles. The first-order valence-electron chi connectivity index (χ1n) is 8.96. The minimum Gasteiger partial charge on any atom is -0.497 e. The lowest BCUT2D eigenvalue weighted by Gasteiger charge is -2.38. The normalized spacial score (nSPS) is 16.1. The average molecular weight is 354 g/mol. The van der Waals surface area contributed by atoms with Crippen LogP contribution in [0, 0.1) is 0 Å². The SMILES string of the molecule is COc1ccc(C2(CNC(=O)c3ccc(CN)cc3)CCOCC2)cc1. The van der Waals surface area contributed by atoms with Crippen LogP contribution in [0.5, 0.6) is 5.75 Å². The van der Waals surface area contributed by atoms with Crippen molar-refractivity contribution in [2.75, 3.05) is 26.9 Å². The zero-order chi connectivity index (χ0) is 18.4. The number of ether oxygens (including phenoxy) is 2. The summed E-state index contributed by atoms with van der Waals surface area (Å²) >= 11 is 0. The van der Waals surface area contributed by atoms with Gasteiger partial charge >= 0.3 is 0 Å². The summed E-state index contributed by atoms with van der Waals surface area (Å²) in [5.74, 6) is 0.771. The molecule has 0 spiro atoms. The maximum absolute atomic E-state index is 12.6. The largest absolute Gasteiger partial charge is 0.497 e. The van der Waals surface area contributed by atoms with E-state index in [2.05, 4.69) is 17.4 Å². The second-order valence-electron chi connectivity index (χ2n) is 6.70. The van der Waals surface area contributed by atoms with Crippen molar-refractivity contribution in [3.05, 3.63) is 65.2 Å². The second kappa shape index (κ2) is 8.34. The van der Waals surface area contributed by atoms with E-state index in [9.17, 15) is 4.79 Å². The van der Waals surface area contributed by atoms with Gasteiger partial charge in [-0.25, -0.2) is 0 Å².